The molecular weight excluding hydrogens is 380 g/mol. The molecule has 1 unspecified atom stereocenters. The van der Waals surface area contributed by atoms with Gasteiger partial charge in [0, 0.05) is 23.7 Å². The Morgan fingerprint density at radius 1 is 1.10 bits per heavy atom. The summed E-state index contributed by atoms with van der Waals surface area (Å²) in [5.74, 6) is 0.723. The molecule has 3 rings (SSSR count). The summed E-state index contributed by atoms with van der Waals surface area (Å²) in [7, 11) is 0. The molecule has 1 N–H and O–H groups in total. The smallest absolute Gasteiger partial charge is 0.261 e. The Morgan fingerprint density at radius 2 is 1.79 bits per heavy atom. The van der Waals surface area contributed by atoms with Crippen molar-refractivity contribution in [1.82, 2.24) is 20.2 Å². The minimum absolute atomic E-state index is 0.0206. The third-order valence-electron chi connectivity index (χ3n) is 5.43. The van der Waals surface area contributed by atoms with E-state index in [1.54, 1.807) is 0 Å². The van der Waals surface area contributed by atoms with Gasteiger partial charge in [0.1, 0.15) is 10.7 Å². The molecule has 5 nitrogen and oxygen atoms in total. The third kappa shape index (κ3) is 4.82. The lowest BCUT2D eigenvalue weighted by atomic mass is 10.0. The normalized spacial score (nSPS) is 12.5. The lowest BCUT2D eigenvalue weighted by molar-refractivity contribution is 0.0938. The second-order valence-electron chi connectivity index (χ2n) is 7.37. The van der Waals surface area contributed by atoms with Crippen LogP contribution in [0.3, 0.4) is 0 Å². The van der Waals surface area contributed by atoms with E-state index < -0.39 is 0 Å². The zero-order chi connectivity index (χ0) is 21.0. The molecule has 0 saturated carbocycles. The first-order chi connectivity index (χ1) is 13.9. The number of rotatable bonds is 8. The van der Waals surface area contributed by atoms with E-state index in [-0.39, 0.29) is 11.9 Å². The standard InChI is InChI=1S/C23H30N4OS/c1-6-27(7-2)19(13-18-11-9-8-10-12-18)14-24-22(28)21-15(3)20-16(4)25-17(5)26-23(20)29-21/h8-12,19H,6-7,13-14H2,1-5H3,(H,24,28). The molecule has 1 amide bonds. The van der Waals surface area contributed by atoms with Crippen LogP contribution in [0.5, 0.6) is 0 Å². The van der Waals surface area contributed by atoms with Crippen LogP contribution in [0.25, 0.3) is 10.2 Å². The molecule has 0 aliphatic carbocycles. The summed E-state index contributed by atoms with van der Waals surface area (Å²) in [6, 6.07) is 10.7. The number of thiophene rings is 1. The van der Waals surface area contributed by atoms with Crippen molar-refractivity contribution in [3.63, 3.8) is 0 Å². The molecule has 3 aromatic rings. The van der Waals surface area contributed by atoms with Gasteiger partial charge in [0.25, 0.3) is 5.91 Å². The number of carbonyl (C=O) groups excluding carboxylic acids is 1. The topological polar surface area (TPSA) is 58.1 Å². The Kier molecular flexibility index (Phi) is 6.98. The molecule has 0 bridgehead atoms. The molecule has 1 aromatic carbocycles. The van der Waals surface area contributed by atoms with Gasteiger partial charge in [0.15, 0.2) is 0 Å². The van der Waals surface area contributed by atoms with Crippen molar-refractivity contribution < 1.29 is 4.79 Å². The summed E-state index contributed by atoms with van der Waals surface area (Å²) in [6.45, 7) is 12.7. The van der Waals surface area contributed by atoms with E-state index in [1.807, 2.05) is 26.8 Å². The third-order valence-corrected chi connectivity index (χ3v) is 6.61. The molecule has 0 aliphatic heterocycles. The van der Waals surface area contributed by atoms with Gasteiger partial charge >= 0.3 is 0 Å². The maximum absolute atomic E-state index is 13.0. The van der Waals surface area contributed by atoms with Gasteiger partial charge in [0.05, 0.1) is 4.88 Å². The molecule has 6 heteroatoms. The second kappa shape index (κ2) is 9.46. The molecule has 0 aliphatic rings. The number of carbonyl (C=O) groups is 1. The fourth-order valence-electron chi connectivity index (χ4n) is 3.94. The Labute approximate surface area is 177 Å². The molecule has 0 spiro atoms. The first-order valence-electron chi connectivity index (χ1n) is 10.2. The molecule has 0 saturated heterocycles. The predicted octanol–water partition coefficient (Wildman–Crippen LogP) is 4.30. The highest BCUT2D eigenvalue weighted by Gasteiger charge is 2.21. The van der Waals surface area contributed by atoms with Crippen LogP contribution in [0.4, 0.5) is 0 Å². The summed E-state index contributed by atoms with van der Waals surface area (Å²) >= 11 is 1.46. The minimum atomic E-state index is -0.0206. The quantitative estimate of drug-likeness (QED) is 0.601. The number of fused-ring (bicyclic) bond motifs is 1. The van der Waals surface area contributed by atoms with E-state index in [1.165, 1.54) is 16.9 Å². The van der Waals surface area contributed by atoms with Crippen LogP contribution in [0.2, 0.25) is 0 Å². The van der Waals surface area contributed by atoms with Gasteiger partial charge in [-0.3, -0.25) is 9.69 Å². The molecule has 0 radical (unpaired) electrons. The average molecular weight is 411 g/mol. The molecule has 0 fully saturated rings. The van der Waals surface area contributed by atoms with E-state index in [0.717, 1.165) is 51.7 Å². The number of benzene rings is 1. The molecule has 2 aromatic heterocycles. The van der Waals surface area contributed by atoms with Gasteiger partial charge in [0.2, 0.25) is 0 Å². The van der Waals surface area contributed by atoms with Gasteiger partial charge in [-0.05, 0) is 51.4 Å². The van der Waals surface area contributed by atoms with Crippen molar-refractivity contribution in [3.8, 4) is 0 Å². The Hall–Kier alpha value is -2.31. The number of hydrogen-bond acceptors (Lipinski definition) is 5. The van der Waals surface area contributed by atoms with Crippen LogP contribution >= 0.6 is 11.3 Å². The van der Waals surface area contributed by atoms with Gasteiger partial charge in [-0.25, -0.2) is 9.97 Å². The van der Waals surface area contributed by atoms with Crippen molar-refractivity contribution >= 4 is 27.5 Å². The molecule has 154 valence electrons. The number of aromatic nitrogens is 2. The van der Waals surface area contributed by atoms with E-state index in [9.17, 15) is 4.79 Å². The first-order valence-corrected chi connectivity index (χ1v) is 11.1. The second-order valence-corrected chi connectivity index (χ2v) is 8.37. The lowest BCUT2D eigenvalue weighted by Gasteiger charge is -2.30. The molecule has 1 atom stereocenters. The van der Waals surface area contributed by atoms with E-state index in [4.69, 9.17) is 0 Å². The van der Waals surface area contributed by atoms with Crippen molar-refractivity contribution in [2.45, 2.75) is 47.1 Å². The molecular formula is C23H30N4OS. The Bertz CT molecular complexity index is 979. The van der Waals surface area contributed by atoms with Crippen LogP contribution in [0, 0.1) is 20.8 Å². The fraction of sp³-hybridized carbons (Fsp3) is 0.435. The Morgan fingerprint density at radius 3 is 2.45 bits per heavy atom. The van der Waals surface area contributed by atoms with Gasteiger partial charge in [-0.1, -0.05) is 44.2 Å². The monoisotopic (exact) mass is 410 g/mol. The predicted molar refractivity (Wildman–Crippen MR) is 121 cm³/mol. The van der Waals surface area contributed by atoms with E-state index >= 15 is 0 Å². The molecule has 2 heterocycles. The highest BCUT2D eigenvalue weighted by atomic mass is 32.1. The maximum atomic E-state index is 13.0. The summed E-state index contributed by atoms with van der Waals surface area (Å²) < 4.78 is 0. The fourth-order valence-corrected chi connectivity index (χ4v) is 5.13. The summed E-state index contributed by atoms with van der Waals surface area (Å²) in [6.07, 6.45) is 0.915. The number of amides is 1. The lowest BCUT2D eigenvalue weighted by Crippen LogP contribution is -2.45. The summed E-state index contributed by atoms with van der Waals surface area (Å²) in [5.41, 5.74) is 3.20. The zero-order valence-corrected chi connectivity index (χ0v) is 18.8. The maximum Gasteiger partial charge on any atom is 0.261 e. The first kappa shape index (κ1) is 21.4. The van der Waals surface area contributed by atoms with Gasteiger partial charge in [-0.15, -0.1) is 11.3 Å². The van der Waals surface area contributed by atoms with Crippen LogP contribution in [-0.4, -0.2) is 46.5 Å². The minimum Gasteiger partial charge on any atom is -0.350 e. The molecule has 29 heavy (non-hydrogen) atoms. The number of likely N-dealkylation sites (N-methyl/N-ethyl adjacent to an activating group) is 1. The van der Waals surface area contributed by atoms with Crippen molar-refractivity contribution in [2.24, 2.45) is 0 Å². The number of aryl methyl sites for hydroxylation is 3. The Balaban J connectivity index is 1.78. The zero-order valence-electron chi connectivity index (χ0n) is 18.0. The van der Waals surface area contributed by atoms with Crippen LogP contribution in [0.1, 0.15) is 46.2 Å². The van der Waals surface area contributed by atoms with Crippen molar-refractivity contribution in [2.75, 3.05) is 19.6 Å². The van der Waals surface area contributed by atoms with Crippen molar-refractivity contribution in [3.05, 3.63) is 57.9 Å². The highest BCUT2D eigenvalue weighted by molar-refractivity contribution is 7.20. The number of nitrogens with zero attached hydrogens (tertiary/aromatic N) is 3. The van der Waals surface area contributed by atoms with Crippen molar-refractivity contribution in [1.29, 1.82) is 0 Å². The summed E-state index contributed by atoms with van der Waals surface area (Å²) in [4.78, 5) is 26.0. The highest BCUT2D eigenvalue weighted by Crippen LogP contribution is 2.31. The van der Waals surface area contributed by atoms with Gasteiger partial charge < -0.3 is 5.32 Å². The van der Waals surface area contributed by atoms with Crippen LogP contribution in [-0.2, 0) is 6.42 Å². The summed E-state index contributed by atoms with van der Waals surface area (Å²) in [5, 5.41) is 4.20. The van der Waals surface area contributed by atoms with Crippen LogP contribution < -0.4 is 5.32 Å². The van der Waals surface area contributed by atoms with E-state index in [2.05, 4.69) is 58.3 Å². The number of hydrogen-bond donors (Lipinski definition) is 1. The van der Waals surface area contributed by atoms with E-state index in [0.29, 0.717) is 6.54 Å². The largest absolute Gasteiger partial charge is 0.350 e. The number of nitrogens with one attached hydrogen (secondary N) is 1. The average Bonchev–Trinajstić information content (AvgIpc) is 3.04. The van der Waals surface area contributed by atoms with Crippen LogP contribution in [0.15, 0.2) is 30.3 Å². The SMILES string of the molecule is CCN(CC)C(CNC(=O)c1sc2nc(C)nc(C)c2c1C)Cc1ccccc1. The van der Waals surface area contributed by atoms with Gasteiger partial charge in [-0.2, -0.15) is 0 Å².